The lowest BCUT2D eigenvalue weighted by Crippen LogP contribution is -2.01. The van der Waals surface area contributed by atoms with Crippen LogP contribution in [0.2, 0.25) is 5.02 Å². The van der Waals surface area contributed by atoms with Crippen molar-refractivity contribution in [3.63, 3.8) is 0 Å². The third-order valence-corrected chi connectivity index (χ3v) is 4.63. The van der Waals surface area contributed by atoms with Crippen LogP contribution in [0.5, 0.6) is 0 Å². The van der Waals surface area contributed by atoms with Crippen LogP contribution < -0.4 is 5.73 Å². The topological polar surface area (TPSA) is 104 Å². The second kappa shape index (κ2) is 7.73. The standard InChI is InChI=1S/C18H13ClN6OS/c19-13-3-1-2-12(8-13)14-9-22-15(26-14)10-27-18-24-16(23-17(20)25-18)11-4-6-21-7-5-11/h1-9H,10H2,(H2,20,23,24,25). The number of oxazole rings is 1. The Kier molecular flexibility index (Phi) is 4.99. The molecule has 4 rings (SSSR count). The lowest BCUT2D eigenvalue weighted by atomic mass is 10.2. The predicted octanol–water partition coefficient (Wildman–Crippen LogP) is 4.12. The molecule has 0 saturated heterocycles. The number of thioether (sulfide) groups is 1. The van der Waals surface area contributed by atoms with Crippen LogP contribution in [0.1, 0.15) is 5.89 Å². The van der Waals surface area contributed by atoms with Crippen molar-refractivity contribution >= 4 is 29.3 Å². The van der Waals surface area contributed by atoms with Crippen LogP contribution >= 0.6 is 23.4 Å². The summed E-state index contributed by atoms with van der Waals surface area (Å²) in [5.41, 5.74) is 7.51. The van der Waals surface area contributed by atoms with Crippen LogP contribution in [0.25, 0.3) is 22.7 Å². The molecule has 4 aromatic rings. The second-order valence-electron chi connectivity index (χ2n) is 5.45. The van der Waals surface area contributed by atoms with Gasteiger partial charge in [0.15, 0.2) is 16.7 Å². The Bertz CT molecular complexity index is 1070. The number of hydrogen-bond donors (Lipinski definition) is 1. The van der Waals surface area contributed by atoms with Crippen molar-refractivity contribution in [1.29, 1.82) is 0 Å². The molecule has 0 bridgehead atoms. The van der Waals surface area contributed by atoms with E-state index in [0.717, 1.165) is 11.1 Å². The van der Waals surface area contributed by atoms with Crippen LogP contribution in [0.3, 0.4) is 0 Å². The fraction of sp³-hybridized carbons (Fsp3) is 0.0556. The van der Waals surface area contributed by atoms with Crippen LogP contribution in [0.4, 0.5) is 5.95 Å². The van der Waals surface area contributed by atoms with Gasteiger partial charge in [-0.3, -0.25) is 4.98 Å². The van der Waals surface area contributed by atoms with E-state index in [9.17, 15) is 0 Å². The number of pyridine rings is 1. The molecule has 0 fully saturated rings. The van der Waals surface area contributed by atoms with Gasteiger partial charge in [-0.1, -0.05) is 35.5 Å². The molecule has 7 nitrogen and oxygen atoms in total. The van der Waals surface area contributed by atoms with Crippen LogP contribution in [0, 0.1) is 0 Å². The summed E-state index contributed by atoms with van der Waals surface area (Å²) in [6.45, 7) is 0. The highest BCUT2D eigenvalue weighted by Gasteiger charge is 2.11. The van der Waals surface area contributed by atoms with Gasteiger partial charge in [-0.05, 0) is 24.3 Å². The molecule has 3 aromatic heterocycles. The minimum absolute atomic E-state index is 0.159. The fourth-order valence-corrected chi connectivity index (χ4v) is 3.23. The minimum Gasteiger partial charge on any atom is -0.440 e. The van der Waals surface area contributed by atoms with Gasteiger partial charge in [0, 0.05) is 28.5 Å². The largest absolute Gasteiger partial charge is 0.440 e. The lowest BCUT2D eigenvalue weighted by molar-refractivity contribution is 0.530. The van der Waals surface area contributed by atoms with E-state index in [0.29, 0.717) is 33.4 Å². The van der Waals surface area contributed by atoms with Gasteiger partial charge in [-0.25, -0.2) is 9.97 Å². The molecule has 0 radical (unpaired) electrons. The highest BCUT2D eigenvalue weighted by molar-refractivity contribution is 7.98. The van der Waals surface area contributed by atoms with Crippen LogP contribution in [0.15, 0.2) is 64.6 Å². The third-order valence-electron chi connectivity index (χ3n) is 3.56. The Hall–Kier alpha value is -2.97. The summed E-state index contributed by atoms with van der Waals surface area (Å²) < 4.78 is 5.79. The number of hydrogen-bond acceptors (Lipinski definition) is 8. The summed E-state index contributed by atoms with van der Waals surface area (Å²) in [6.07, 6.45) is 5.02. The van der Waals surface area contributed by atoms with Crippen molar-refractivity contribution in [2.24, 2.45) is 0 Å². The van der Waals surface area contributed by atoms with Gasteiger partial charge >= 0.3 is 0 Å². The SMILES string of the molecule is Nc1nc(SCc2ncc(-c3cccc(Cl)c3)o2)nc(-c2ccncc2)n1. The third kappa shape index (κ3) is 4.24. The Balaban J connectivity index is 1.50. The Morgan fingerprint density at radius 2 is 1.89 bits per heavy atom. The molecular weight excluding hydrogens is 384 g/mol. The number of rotatable bonds is 5. The Labute approximate surface area is 164 Å². The van der Waals surface area contributed by atoms with E-state index < -0.39 is 0 Å². The van der Waals surface area contributed by atoms with Crippen LogP contribution in [-0.4, -0.2) is 24.9 Å². The smallest absolute Gasteiger partial charge is 0.224 e. The number of nitrogens with zero attached hydrogens (tertiary/aromatic N) is 5. The summed E-state index contributed by atoms with van der Waals surface area (Å²) in [5, 5.41) is 1.14. The maximum atomic E-state index is 6.02. The van der Waals surface area contributed by atoms with E-state index in [1.165, 1.54) is 11.8 Å². The van der Waals surface area contributed by atoms with Crippen molar-refractivity contribution in [2.45, 2.75) is 10.9 Å². The van der Waals surface area contributed by atoms with E-state index in [4.69, 9.17) is 21.8 Å². The van der Waals surface area contributed by atoms with Gasteiger partial charge in [-0.15, -0.1) is 0 Å². The summed E-state index contributed by atoms with van der Waals surface area (Å²) >= 11 is 7.39. The van der Waals surface area contributed by atoms with Crippen molar-refractivity contribution in [1.82, 2.24) is 24.9 Å². The molecule has 0 aliphatic carbocycles. The van der Waals surface area contributed by atoms with E-state index in [1.54, 1.807) is 18.6 Å². The molecule has 3 heterocycles. The average Bonchev–Trinajstić information content (AvgIpc) is 3.16. The highest BCUT2D eigenvalue weighted by atomic mass is 35.5. The first-order chi connectivity index (χ1) is 13.2. The molecule has 0 spiro atoms. The van der Waals surface area contributed by atoms with Gasteiger partial charge in [0.2, 0.25) is 11.8 Å². The van der Waals surface area contributed by atoms with E-state index in [-0.39, 0.29) is 5.95 Å². The molecule has 1 aromatic carbocycles. The van der Waals surface area contributed by atoms with Crippen molar-refractivity contribution in [3.05, 3.63) is 65.9 Å². The van der Waals surface area contributed by atoms with Crippen LogP contribution in [-0.2, 0) is 5.75 Å². The minimum atomic E-state index is 0.159. The molecule has 0 amide bonds. The molecule has 0 aliphatic rings. The Morgan fingerprint density at radius 3 is 2.70 bits per heavy atom. The zero-order valence-electron chi connectivity index (χ0n) is 13.9. The lowest BCUT2D eigenvalue weighted by Gasteiger charge is -2.03. The number of anilines is 1. The monoisotopic (exact) mass is 396 g/mol. The second-order valence-corrected chi connectivity index (χ2v) is 6.83. The first-order valence-electron chi connectivity index (χ1n) is 7.93. The molecule has 0 atom stereocenters. The number of nitrogens with two attached hydrogens (primary N) is 1. The number of benzene rings is 1. The molecule has 0 aliphatic heterocycles. The zero-order valence-corrected chi connectivity index (χ0v) is 15.5. The molecule has 9 heteroatoms. The summed E-state index contributed by atoms with van der Waals surface area (Å²) in [6, 6.07) is 11.0. The van der Waals surface area contributed by atoms with Gasteiger partial charge in [-0.2, -0.15) is 9.97 Å². The average molecular weight is 397 g/mol. The van der Waals surface area contributed by atoms with E-state index in [2.05, 4.69) is 24.9 Å². The first kappa shape index (κ1) is 17.4. The molecule has 0 saturated carbocycles. The molecular formula is C18H13ClN6OS. The summed E-state index contributed by atoms with van der Waals surface area (Å²) in [7, 11) is 0. The van der Waals surface area contributed by atoms with E-state index >= 15 is 0 Å². The van der Waals surface area contributed by atoms with Crippen molar-refractivity contribution in [2.75, 3.05) is 5.73 Å². The first-order valence-corrected chi connectivity index (χ1v) is 9.29. The maximum absolute atomic E-state index is 6.02. The van der Waals surface area contributed by atoms with Crippen molar-refractivity contribution in [3.8, 4) is 22.7 Å². The summed E-state index contributed by atoms with van der Waals surface area (Å²) in [5.74, 6) is 2.32. The molecule has 0 unspecified atom stereocenters. The number of nitrogen functional groups attached to an aromatic ring is 1. The highest BCUT2D eigenvalue weighted by Crippen LogP contribution is 2.27. The Morgan fingerprint density at radius 1 is 1.04 bits per heavy atom. The van der Waals surface area contributed by atoms with Crippen molar-refractivity contribution < 1.29 is 4.42 Å². The molecule has 27 heavy (non-hydrogen) atoms. The zero-order chi connectivity index (χ0) is 18.6. The fourth-order valence-electron chi connectivity index (χ4n) is 2.35. The number of aromatic nitrogens is 5. The van der Waals surface area contributed by atoms with Gasteiger partial charge in [0.1, 0.15) is 0 Å². The van der Waals surface area contributed by atoms with Gasteiger partial charge in [0.05, 0.1) is 11.9 Å². The van der Waals surface area contributed by atoms with Gasteiger partial charge in [0.25, 0.3) is 0 Å². The van der Waals surface area contributed by atoms with E-state index in [1.807, 2.05) is 36.4 Å². The van der Waals surface area contributed by atoms with Gasteiger partial charge < -0.3 is 10.2 Å². The normalized spacial score (nSPS) is 10.9. The molecule has 134 valence electrons. The number of halogens is 1. The quantitative estimate of drug-likeness (QED) is 0.502. The predicted molar refractivity (Wildman–Crippen MR) is 104 cm³/mol. The maximum Gasteiger partial charge on any atom is 0.224 e. The molecule has 2 N–H and O–H groups in total. The summed E-state index contributed by atoms with van der Waals surface area (Å²) in [4.78, 5) is 21.1.